The van der Waals surface area contributed by atoms with E-state index in [4.69, 9.17) is 4.74 Å². The molecule has 1 aliphatic rings. The number of allylic oxidation sites excluding steroid dienone is 1. The van der Waals surface area contributed by atoms with E-state index in [0.29, 0.717) is 20.6 Å². The number of carbonyl (C=O) groups excluding carboxylic acids is 1. The molecule has 0 radical (unpaired) electrons. The number of rotatable bonds is 5. The standard InChI is InChI=1S/C28H28N2O3S/c1-6-16-33-26(32)23-18(2)29-27-30(24(23)20-10-8-7-9-11-20)25(31)22(34-27)17-19-12-14-21(15-13-19)28(3,4)5/h6-15,17,24H,1,16H2,2-5H3/b22-17+/t24-/m0/s1. The summed E-state index contributed by atoms with van der Waals surface area (Å²) in [6, 6.07) is 17.1. The van der Waals surface area contributed by atoms with E-state index in [1.807, 2.05) is 48.5 Å². The van der Waals surface area contributed by atoms with E-state index in [2.05, 4.69) is 44.5 Å². The summed E-state index contributed by atoms with van der Waals surface area (Å²) in [5, 5.41) is 0. The Hall–Kier alpha value is -3.51. The fraction of sp³-hybridized carbons (Fsp3) is 0.250. The van der Waals surface area contributed by atoms with Crippen molar-refractivity contribution >= 4 is 23.4 Å². The maximum Gasteiger partial charge on any atom is 0.338 e. The van der Waals surface area contributed by atoms with E-state index in [0.717, 1.165) is 11.1 Å². The Morgan fingerprint density at radius 2 is 1.82 bits per heavy atom. The number of esters is 1. The Morgan fingerprint density at radius 1 is 1.15 bits per heavy atom. The average Bonchev–Trinajstić information content (AvgIpc) is 3.11. The third kappa shape index (κ3) is 4.59. The summed E-state index contributed by atoms with van der Waals surface area (Å²) in [5.74, 6) is -0.498. The fourth-order valence-corrected chi connectivity index (χ4v) is 5.02. The van der Waals surface area contributed by atoms with Gasteiger partial charge < -0.3 is 4.74 Å². The number of carbonyl (C=O) groups is 1. The molecule has 0 saturated carbocycles. The van der Waals surface area contributed by atoms with Gasteiger partial charge in [-0.05, 0) is 35.1 Å². The Kier molecular flexibility index (Phi) is 6.53. The van der Waals surface area contributed by atoms with Crippen molar-refractivity contribution in [1.82, 2.24) is 4.57 Å². The molecule has 34 heavy (non-hydrogen) atoms. The van der Waals surface area contributed by atoms with Gasteiger partial charge in [-0.25, -0.2) is 9.79 Å². The topological polar surface area (TPSA) is 60.7 Å². The summed E-state index contributed by atoms with van der Waals surface area (Å²) in [4.78, 5) is 31.8. The molecule has 1 aliphatic heterocycles. The first-order chi connectivity index (χ1) is 16.2. The van der Waals surface area contributed by atoms with E-state index in [9.17, 15) is 9.59 Å². The van der Waals surface area contributed by atoms with Gasteiger partial charge in [0.25, 0.3) is 5.56 Å². The van der Waals surface area contributed by atoms with E-state index in [1.54, 1.807) is 11.5 Å². The molecule has 0 fully saturated rings. The lowest BCUT2D eigenvalue weighted by Crippen LogP contribution is -2.39. The van der Waals surface area contributed by atoms with Crippen LogP contribution >= 0.6 is 11.3 Å². The lowest BCUT2D eigenvalue weighted by Gasteiger charge is -2.24. The summed E-state index contributed by atoms with van der Waals surface area (Å²) in [6.07, 6.45) is 3.40. The van der Waals surface area contributed by atoms with Gasteiger partial charge in [0, 0.05) is 0 Å². The van der Waals surface area contributed by atoms with Crippen molar-refractivity contribution < 1.29 is 9.53 Å². The SMILES string of the molecule is C=CCOC(=O)C1=C(C)N=c2s/c(=C/c3ccc(C(C)(C)C)cc3)c(=O)n2[C@H]1c1ccccc1. The predicted octanol–water partition coefficient (Wildman–Crippen LogP) is 4.26. The molecule has 0 spiro atoms. The van der Waals surface area contributed by atoms with Gasteiger partial charge in [0.2, 0.25) is 0 Å². The number of benzene rings is 2. The van der Waals surface area contributed by atoms with Crippen molar-refractivity contribution in [1.29, 1.82) is 0 Å². The minimum atomic E-state index is -0.611. The minimum Gasteiger partial charge on any atom is -0.458 e. The van der Waals surface area contributed by atoms with E-state index < -0.39 is 12.0 Å². The molecule has 1 aromatic heterocycles. The van der Waals surface area contributed by atoms with Crippen molar-refractivity contribution in [3.63, 3.8) is 0 Å². The van der Waals surface area contributed by atoms with Gasteiger partial charge in [-0.15, -0.1) is 0 Å². The van der Waals surface area contributed by atoms with Crippen LogP contribution in [0.5, 0.6) is 0 Å². The summed E-state index contributed by atoms with van der Waals surface area (Å²) in [5.41, 5.74) is 3.78. The fourth-order valence-electron chi connectivity index (χ4n) is 3.98. The molecule has 0 amide bonds. The van der Waals surface area contributed by atoms with Gasteiger partial charge >= 0.3 is 5.97 Å². The van der Waals surface area contributed by atoms with Crippen LogP contribution in [0.3, 0.4) is 0 Å². The highest BCUT2D eigenvalue weighted by Crippen LogP contribution is 2.30. The van der Waals surface area contributed by atoms with Crippen LogP contribution in [0.4, 0.5) is 0 Å². The number of hydrogen-bond acceptors (Lipinski definition) is 5. The second kappa shape index (κ2) is 9.39. The van der Waals surface area contributed by atoms with Gasteiger partial charge in [0.05, 0.1) is 21.8 Å². The van der Waals surface area contributed by atoms with Crippen molar-refractivity contribution in [2.75, 3.05) is 6.61 Å². The second-order valence-electron chi connectivity index (χ2n) is 9.25. The monoisotopic (exact) mass is 472 g/mol. The number of thiazole rings is 1. The predicted molar refractivity (Wildman–Crippen MR) is 137 cm³/mol. The van der Waals surface area contributed by atoms with Crippen LogP contribution in [-0.4, -0.2) is 17.1 Å². The van der Waals surface area contributed by atoms with Gasteiger partial charge in [-0.2, -0.15) is 0 Å². The smallest absolute Gasteiger partial charge is 0.338 e. The van der Waals surface area contributed by atoms with Gasteiger partial charge in [-0.3, -0.25) is 9.36 Å². The van der Waals surface area contributed by atoms with Crippen molar-refractivity contribution in [2.24, 2.45) is 4.99 Å². The molecule has 3 aromatic rings. The van der Waals surface area contributed by atoms with E-state index in [1.165, 1.54) is 23.0 Å². The van der Waals surface area contributed by atoms with Crippen LogP contribution in [0.2, 0.25) is 0 Å². The molecule has 2 aromatic carbocycles. The minimum absolute atomic E-state index is 0.0572. The molecule has 0 saturated heterocycles. The molecule has 0 aliphatic carbocycles. The Labute approximate surface area is 203 Å². The summed E-state index contributed by atoms with van der Waals surface area (Å²) >= 11 is 1.33. The number of fused-ring (bicyclic) bond motifs is 1. The van der Waals surface area contributed by atoms with Crippen LogP contribution in [0, 0.1) is 0 Å². The Balaban J connectivity index is 1.86. The number of hydrogen-bond donors (Lipinski definition) is 0. The summed E-state index contributed by atoms with van der Waals surface area (Å²) < 4.78 is 7.52. The summed E-state index contributed by atoms with van der Waals surface area (Å²) in [6.45, 7) is 12.0. The van der Waals surface area contributed by atoms with Gasteiger partial charge in [0.15, 0.2) is 4.80 Å². The van der Waals surface area contributed by atoms with Crippen LogP contribution in [0.15, 0.2) is 88.3 Å². The first-order valence-corrected chi connectivity index (χ1v) is 12.0. The molecule has 2 heterocycles. The lowest BCUT2D eigenvalue weighted by molar-refractivity contribution is -0.138. The quantitative estimate of drug-likeness (QED) is 0.412. The highest BCUT2D eigenvalue weighted by molar-refractivity contribution is 7.07. The first-order valence-electron chi connectivity index (χ1n) is 11.2. The molecule has 174 valence electrons. The zero-order chi connectivity index (χ0) is 24.5. The molecule has 6 heteroatoms. The molecular weight excluding hydrogens is 444 g/mol. The number of nitrogens with zero attached hydrogens (tertiary/aromatic N) is 2. The molecule has 0 bridgehead atoms. The second-order valence-corrected chi connectivity index (χ2v) is 10.3. The molecule has 0 unspecified atom stereocenters. The van der Waals surface area contributed by atoms with E-state index >= 15 is 0 Å². The third-order valence-corrected chi connectivity index (χ3v) is 6.75. The zero-order valence-corrected chi connectivity index (χ0v) is 20.7. The first kappa shape index (κ1) is 23.6. The Bertz CT molecular complexity index is 1440. The van der Waals surface area contributed by atoms with Crippen LogP contribution in [-0.2, 0) is 14.9 Å². The normalized spacial score (nSPS) is 16.1. The van der Waals surface area contributed by atoms with Crippen molar-refractivity contribution in [3.8, 4) is 0 Å². The molecule has 0 N–H and O–H groups in total. The van der Waals surface area contributed by atoms with Gasteiger partial charge in [-0.1, -0.05) is 99.4 Å². The summed E-state index contributed by atoms with van der Waals surface area (Å²) in [7, 11) is 0. The Morgan fingerprint density at radius 3 is 2.44 bits per heavy atom. The maximum absolute atomic E-state index is 13.6. The van der Waals surface area contributed by atoms with Crippen molar-refractivity contribution in [3.05, 3.63) is 115 Å². The van der Waals surface area contributed by atoms with Crippen LogP contribution in [0.1, 0.15) is 50.4 Å². The third-order valence-electron chi connectivity index (χ3n) is 5.76. The van der Waals surface area contributed by atoms with E-state index in [-0.39, 0.29) is 17.6 Å². The van der Waals surface area contributed by atoms with Crippen LogP contribution in [0.25, 0.3) is 6.08 Å². The highest BCUT2D eigenvalue weighted by atomic mass is 32.1. The molecular formula is C28H28N2O3S. The molecule has 4 rings (SSSR count). The van der Waals surface area contributed by atoms with Crippen molar-refractivity contribution in [2.45, 2.75) is 39.2 Å². The number of aromatic nitrogens is 1. The molecule has 1 atom stereocenters. The van der Waals surface area contributed by atoms with Crippen LogP contribution < -0.4 is 14.9 Å². The molecule has 5 nitrogen and oxygen atoms in total. The maximum atomic E-state index is 13.6. The number of ether oxygens (including phenoxy) is 1. The highest BCUT2D eigenvalue weighted by Gasteiger charge is 2.33. The lowest BCUT2D eigenvalue weighted by atomic mass is 9.87. The van der Waals surface area contributed by atoms with Gasteiger partial charge in [0.1, 0.15) is 6.61 Å². The zero-order valence-electron chi connectivity index (χ0n) is 19.9. The average molecular weight is 473 g/mol. The largest absolute Gasteiger partial charge is 0.458 e.